The number of hydrogen-bond acceptors (Lipinski definition) is 6. The number of halogens is 2. The van der Waals surface area contributed by atoms with E-state index in [0.717, 1.165) is 60.9 Å². The van der Waals surface area contributed by atoms with E-state index in [-0.39, 0.29) is 70.7 Å². The lowest BCUT2D eigenvalue weighted by Crippen LogP contribution is -2.50. The SMILES string of the molecule is CC(C)[C@H](N)C(=O)N1CC2(CC2)C[C@H]1c1ncc(-c2ccc3c(c2)C(F)(F)C2=C3C=CC(c3ccc4nc([C@@H]5[C@H]6CC[C@H](C6)N5C(=O)[C@@H](N)C(C)C)[nH]c4c3)C2)[nH]1. The molecule has 1 unspecified atom stereocenters. The molecule has 10 rings (SSSR count). The number of nitrogens with zero attached hydrogens (tertiary/aromatic N) is 4. The first-order chi connectivity index (χ1) is 27.2. The Kier molecular flexibility index (Phi) is 8.30. The number of nitrogens with two attached hydrogens (primary N) is 2. The Morgan fingerprint density at radius 2 is 1.72 bits per heavy atom. The van der Waals surface area contributed by atoms with E-state index in [9.17, 15) is 9.59 Å². The minimum Gasteiger partial charge on any atom is -0.340 e. The Labute approximate surface area is 331 Å². The molecule has 6 N–H and O–H groups in total. The number of amides is 2. The first kappa shape index (κ1) is 36.6. The van der Waals surface area contributed by atoms with Crippen LogP contribution in [0.1, 0.15) is 119 Å². The molecule has 10 nitrogen and oxygen atoms in total. The zero-order valence-electron chi connectivity index (χ0n) is 33.1. The largest absolute Gasteiger partial charge is 0.340 e. The third-order valence-electron chi connectivity index (χ3n) is 14.3. The maximum atomic E-state index is 16.6. The van der Waals surface area contributed by atoms with Crippen LogP contribution in [-0.2, 0) is 15.5 Å². The van der Waals surface area contributed by atoms with Crippen molar-refractivity contribution in [2.24, 2.45) is 34.6 Å². The summed E-state index contributed by atoms with van der Waals surface area (Å²) in [7, 11) is 0. The number of alkyl halides is 2. The lowest BCUT2D eigenvalue weighted by atomic mass is 9.84. The molecule has 4 aromatic rings. The van der Waals surface area contributed by atoms with Crippen LogP contribution in [0.15, 0.2) is 60.3 Å². The fraction of sp³-hybridized carbons (Fsp3) is 0.511. The van der Waals surface area contributed by atoms with Gasteiger partial charge in [-0.05, 0) is 103 Å². The molecule has 2 aromatic heterocycles. The van der Waals surface area contributed by atoms with Gasteiger partial charge in [0.05, 0.1) is 47.1 Å². The van der Waals surface area contributed by atoms with Gasteiger partial charge in [-0.2, -0.15) is 8.78 Å². The summed E-state index contributed by atoms with van der Waals surface area (Å²) >= 11 is 0. The van der Waals surface area contributed by atoms with Gasteiger partial charge in [-0.3, -0.25) is 9.59 Å². The second-order valence-corrected chi connectivity index (χ2v) is 18.6. The summed E-state index contributed by atoms with van der Waals surface area (Å²) in [6.07, 6.45) is 11.8. The number of rotatable bonds is 8. The van der Waals surface area contributed by atoms with Crippen molar-refractivity contribution in [2.45, 2.75) is 115 Å². The molecule has 298 valence electrons. The van der Waals surface area contributed by atoms with Crippen LogP contribution >= 0.6 is 0 Å². The molecule has 2 saturated heterocycles. The first-order valence-corrected chi connectivity index (χ1v) is 20.9. The number of fused-ring (bicyclic) bond motifs is 5. The summed E-state index contributed by atoms with van der Waals surface area (Å²) in [5.74, 6) is -1.62. The predicted molar refractivity (Wildman–Crippen MR) is 215 cm³/mol. The van der Waals surface area contributed by atoms with E-state index in [1.807, 2.05) is 73.9 Å². The van der Waals surface area contributed by atoms with Gasteiger partial charge in [0.1, 0.15) is 11.6 Å². The number of carbonyl (C=O) groups is 2. The number of imidazole rings is 2. The molecule has 2 aliphatic heterocycles. The average Bonchev–Trinajstić information content (AvgIpc) is 3.85. The average molecular weight is 775 g/mol. The number of H-pyrrole nitrogens is 2. The Bertz CT molecular complexity index is 2370. The smallest absolute Gasteiger partial charge is 0.296 e. The minimum atomic E-state index is -3.15. The lowest BCUT2D eigenvalue weighted by Gasteiger charge is -2.36. The van der Waals surface area contributed by atoms with Gasteiger partial charge in [-0.15, -0.1) is 0 Å². The van der Waals surface area contributed by atoms with Crippen molar-refractivity contribution in [2.75, 3.05) is 6.54 Å². The summed E-state index contributed by atoms with van der Waals surface area (Å²) in [6, 6.07) is 9.93. The Balaban J connectivity index is 0.879. The van der Waals surface area contributed by atoms with E-state index in [1.165, 1.54) is 0 Å². The molecule has 0 radical (unpaired) electrons. The van der Waals surface area contributed by atoms with Crippen LogP contribution in [-0.4, -0.2) is 66.2 Å². The van der Waals surface area contributed by atoms with Gasteiger partial charge >= 0.3 is 0 Å². The normalized spacial score (nSPS) is 27.6. The fourth-order valence-electron chi connectivity index (χ4n) is 10.6. The molecule has 4 aliphatic carbocycles. The van der Waals surface area contributed by atoms with Crippen molar-refractivity contribution in [3.05, 3.63) is 88.7 Å². The summed E-state index contributed by atoms with van der Waals surface area (Å²) in [5, 5.41) is 0. The fourth-order valence-corrected chi connectivity index (χ4v) is 10.6. The topological polar surface area (TPSA) is 150 Å². The standard InChI is InChI=1S/C45H52F2N8O2/c1-22(2)37(48)42(56)54-21-44(13-14-44)19-36(54)40-50-20-35(53-40)26-7-11-30-29-10-6-24(16-31(29)45(46,47)32(30)17-26)25-8-12-33-34(18-25)52-41(51-33)39-27-5-9-28(15-27)55(39)43(57)38(49)23(3)4/h6-8,10-12,17-18,20,22-24,27-28,36-39H,5,9,13-16,19,21,48-49H2,1-4H3,(H,50,53)(H,51,52)/t24?,27-,28+,36-,37-,38-,39-/m0/s1. The maximum Gasteiger partial charge on any atom is 0.296 e. The zero-order chi connectivity index (χ0) is 39.7. The quantitative estimate of drug-likeness (QED) is 0.145. The number of aromatic amines is 2. The molecule has 4 fully saturated rings. The van der Waals surface area contributed by atoms with Crippen LogP contribution < -0.4 is 11.5 Å². The maximum absolute atomic E-state index is 16.6. The predicted octanol–water partition coefficient (Wildman–Crippen LogP) is 7.63. The number of carbonyl (C=O) groups excluding carboxylic acids is 2. The van der Waals surface area contributed by atoms with Crippen LogP contribution in [0, 0.1) is 23.2 Å². The number of piperidine rings is 1. The molecule has 4 heterocycles. The molecule has 2 aromatic carbocycles. The van der Waals surface area contributed by atoms with Gasteiger partial charge < -0.3 is 31.2 Å². The van der Waals surface area contributed by atoms with Crippen molar-refractivity contribution in [1.29, 1.82) is 0 Å². The van der Waals surface area contributed by atoms with E-state index in [1.54, 1.807) is 18.3 Å². The van der Waals surface area contributed by atoms with Crippen LogP contribution in [0.5, 0.6) is 0 Å². The van der Waals surface area contributed by atoms with Crippen LogP contribution in [0.25, 0.3) is 27.9 Å². The third-order valence-corrected chi connectivity index (χ3v) is 14.3. The second-order valence-electron chi connectivity index (χ2n) is 18.6. The Morgan fingerprint density at radius 1 is 0.947 bits per heavy atom. The Morgan fingerprint density at radius 3 is 2.47 bits per heavy atom. The highest BCUT2D eigenvalue weighted by atomic mass is 19.3. The van der Waals surface area contributed by atoms with Crippen molar-refractivity contribution < 1.29 is 18.4 Å². The number of allylic oxidation sites excluding steroid dienone is 4. The van der Waals surface area contributed by atoms with Gasteiger partial charge in [-0.1, -0.05) is 58.0 Å². The van der Waals surface area contributed by atoms with E-state index < -0.39 is 18.0 Å². The van der Waals surface area contributed by atoms with Crippen LogP contribution in [0.3, 0.4) is 0 Å². The summed E-state index contributed by atoms with van der Waals surface area (Å²) in [4.78, 5) is 47.5. The van der Waals surface area contributed by atoms with Crippen molar-refractivity contribution in [3.8, 4) is 11.3 Å². The molecule has 12 heteroatoms. The van der Waals surface area contributed by atoms with Gasteiger partial charge in [0.15, 0.2) is 0 Å². The van der Waals surface area contributed by atoms with Crippen molar-refractivity contribution in [3.63, 3.8) is 0 Å². The molecule has 2 saturated carbocycles. The van der Waals surface area contributed by atoms with Crippen LogP contribution in [0.2, 0.25) is 0 Å². The molecule has 2 amide bonds. The summed E-state index contributed by atoms with van der Waals surface area (Å²) in [6.45, 7) is 8.54. The van der Waals surface area contributed by atoms with Gasteiger partial charge in [-0.25, -0.2) is 9.97 Å². The number of aromatic nitrogens is 4. The van der Waals surface area contributed by atoms with E-state index >= 15 is 8.78 Å². The highest BCUT2D eigenvalue weighted by Crippen LogP contribution is 2.59. The van der Waals surface area contributed by atoms with Crippen molar-refractivity contribution >= 4 is 28.4 Å². The van der Waals surface area contributed by atoms with Crippen LogP contribution in [0.4, 0.5) is 8.78 Å². The highest BCUT2D eigenvalue weighted by molar-refractivity contribution is 5.88. The first-order valence-electron chi connectivity index (χ1n) is 20.9. The number of nitrogens with one attached hydrogen (secondary N) is 2. The number of benzene rings is 2. The summed E-state index contributed by atoms with van der Waals surface area (Å²) in [5.41, 5.74) is 17.9. The molecule has 6 aliphatic rings. The molecule has 57 heavy (non-hydrogen) atoms. The molecule has 1 spiro atoms. The Hall–Kier alpha value is -4.68. The molecular formula is C45H52F2N8O2. The molecular weight excluding hydrogens is 723 g/mol. The lowest BCUT2D eigenvalue weighted by molar-refractivity contribution is -0.138. The second kappa shape index (κ2) is 12.9. The van der Waals surface area contributed by atoms with E-state index in [2.05, 4.69) is 9.97 Å². The zero-order valence-corrected chi connectivity index (χ0v) is 33.1. The van der Waals surface area contributed by atoms with E-state index in [4.69, 9.17) is 21.4 Å². The number of likely N-dealkylation sites (tertiary alicyclic amines) is 2. The number of hydrogen-bond donors (Lipinski definition) is 4. The van der Waals surface area contributed by atoms with Crippen molar-refractivity contribution in [1.82, 2.24) is 29.7 Å². The summed E-state index contributed by atoms with van der Waals surface area (Å²) < 4.78 is 33.1. The monoisotopic (exact) mass is 774 g/mol. The van der Waals surface area contributed by atoms with Gasteiger partial charge in [0.2, 0.25) is 11.8 Å². The highest BCUT2D eigenvalue weighted by Gasteiger charge is 2.55. The molecule has 7 atom stereocenters. The van der Waals surface area contributed by atoms with E-state index in [0.29, 0.717) is 40.7 Å². The third kappa shape index (κ3) is 5.75. The molecule has 2 bridgehead atoms. The van der Waals surface area contributed by atoms with Gasteiger partial charge in [0.25, 0.3) is 5.92 Å². The van der Waals surface area contributed by atoms with Gasteiger partial charge in [0, 0.05) is 35.2 Å². The minimum absolute atomic E-state index is 0.000212.